The number of nitrogens with one attached hydrogen (secondary N) is 2. The first-order chi connectivity index (χ1) is 13.1. The molecule has 0 aliphatic rings. The molecule has 0 unspecified atom stereocenters. The molecule has 2 heterocycles. The smallest absolute Gasteiger partial charge is 0.353 e. The lowest BCUT2D eigenvalue weighted by Gasteiger charge is -2.13. The first kappa shape index (κ1) is 18.1. The van der Waals surface area contributed by atoms with Gasteiger partial charge in [0.1, 0.15) is 17.9 Å². The quantitative estimate of drug-likeness (QED) is 0.477. The molecule has 3 aromatic rings. The summed E-state index contributed by atoms with van der Waals surface area (Å²) in [5.74, 6) is 1.12. The highest BCUT2D eigenvalue weighted by Crippen LogP contribution is 2.35. The Labute approximate surface area is 155 Å². The van der Waals surface area contributed by atoms with Crippen LogP contribution in [0, 0.1) is 17.0 Å². The number of aryl methyl sites for hydroxylation is 1. The summed E-state index contributed by atoms with van der Waals surface area (Å²) in [5.41, 5.74) is 1.26. The highest BCUT2D eigenvalue weighted by atomic mass is 16.6. The maximum absolute atomic E-state index is 11.7. The molecule has 0 fully saturated rings. The molecule has 0 radical (unpaired) electrons. The first-order valence-corrected chi connectivity index (χ1v) is 8.26. The molecule has 2 N–H and O–H groups in total. The summed E-state index contributed by atoms with van der Waals surface area (Å²) in [7, 11) is 0. The summed E-state index contributed by atoms with van der Waals surface area (Å²) in [6.07, 6.45) is 2.90. The summed E-state index contributed by atoms with van der Waals surface area (Å²) in [4.78, 5) is 23.4. The Morgan fingerprint density at radius 1 is 1.07 bits per heavy atom. The lowest BCUT2D eigenvalue weighted by atomic mass is 10.3. The van der Waals surface area contributed by atoms with Gasteiger partial charge in [-0.15, -0.1) is 0 Å². The molecule has 0 amide bonds. The van der Waals surface area contributed by atoms with Crippen molar-refractivity contribution in [2.75, 3.05) is 17.2 Å². The van der Waals surface area contributed by atoms with Gasteiger partial charge in [-0.3, -0.25) is 10.1 Å². The minimum Gasteiger partial charge on any atom is -0.492 e. The molecule has 2 aromatic heterocycles. The number of rotatable bonds is 7. The largest absolute Gasteiger partial charge is 0.492 e. The van der Waals surface area contributed by atoms with Crippen molar-refractivity contribution in [3.63, 3.8) is 0 Å². The van der Waals surface area contributed by atoms with E-state index in [0.717, 1.165) is 5.56 Å². The molecule has 0 bridgehead atoms. The zero-order valence-corrected chi connectivity index (χ0v) is 14.8. The summed E-state index contributed by atoms with van der Waals surface area (Å²) < 4.78 is 5.55. The molecule has 0 saturated carbocycles. The van der Waals surface area contributed by atoms with Crippen LogP contribution in [0.25, 0.3) is 0 Å². The fourth-order valence-corrected chi connectivity index (χ4v) is 2.38. The van der Waals surface area contributed by atoms with E-state index in [0.29, 0.717) is 23.9 Å². The van der Waals surface area contributed by atoms with E-state index < -0.39 is 4.92 Å². The first-order valence-electron chi connectivity index (χ1n) is 8.26. The van der Waals surface area contributed by atoms with Gasteiger partial charge < -0.3 is 15.4 Å². The average molecular weight is 366 g/mol. The third kappa shape index (κ3) is 4.27. The lowest BCUT2D eigenvalue weighted by Crippen LogP contribution is -2.07. The van der Waals surface area contributed by atoms with E-state index in [-0.39, 0.29) is 17.3 Å². The zero-order chi connectivity index (χ0) is 19.2. The van der Waals surface area contributed by atoms with Gasteiger partial charge in [0, 0.05) is 6.20 Å². The number of hydrogen-bond donors (Lipinski definition) is 2. The van der Waals surface area contributed by atoms with Gasteiger partial charge in [-0.2, -0.15) is 0 Å². The van der Waals surface area contributed by atoms with Crippen LogP contribution < -0.4 is 15.4 Å². The van der Waals surface area contributed by atoms with Crippen molar-refractivity contribution in [1.29, 1.82) is 0 Å². The molecule has 0 aliphatic heterocycles. The second-order valence-corrected chi connectivity index (χ2v) is 5.58. The van der Waals surface area contributed by atoms with E-state index in [4.69, 9.17) is 4.74 Å². The Balaban J connectivity index is 1.97. The van der Waals surface area contributed by atoms with Crippen LogP contribution >= 0.6 is 0 Å². The minimum atomic E-state index is -0.540. The summed E-state index contributed by atoms with van der Waals surface area (Å²) >= 11 is 0. The topological polar surface area (TPSA) is 115 Å². The highest BCUT2D eigenvalue weighted by molar-refractivity contribution is 5.77. The molecule has 138 valence electrons. The maximum Gasteiger partial charge on any atom is 0.353 e. The number of anilines is 4. The Kier molecular flexibility index (Phi) is 5.41. The molecule has 0 aliphatic carbocycles. The van der Waals surface area contributed by atoms with Crippen LogP contribution in [-0.2, 0) is 0 Å². The fourth-order valence-electron chi connectivity index (χ4n) is 2.38. The molecule has 1 aromatic carbocycles. The number of pyridine rings is 1. The van der Waals surface area contributed by atoms with Crippen LogP contribution in [0.5, 0.6) is 5.75 Å². The highest BCUT2D eigenvalue weighted by Gasteiger charge is 2.24. The summed E-state index contributed by atoms with van der Waals surface area (Å²) in [6, 6.07) is 10.7. The average Bonchev–Trinajstić information content (AvgIpc) is 2.65. The minimum absolute atomic E-state index is 0.0442. The van der Waals surface area contributed by atoms with Crippen LogP contribution in [0.3, 0.4) is 0 Å². The molecule has 9 nitrogen and oxygen atoms in total. The van der Waals surface area contributed by atoms with Crippen molar-refractivity contribution in [2.24, 2.45) is 0 Å². The molecular weight excluding hydrogens is 348 g/mol. The van der Waals surface area contributed by atoms with Gasteiger partial charge in [0.25, 0.3) is 0 Å². The van der Waals surface area contributed by atoms with Crippen molar-refractivity contribution in [2.45, 2.75) is 13.8 Å². The van der Waals surface area contributed by atoms with Crippen molar-refractivity contribution in [1.82, 2.24) is 15.0 Å². The number of nitrogens with zero attached hydrogens (tertiary/aromatic N) is 4. The Hall–Kier alpha value is -3.75. The molecule has 27 heavy (non-hydrogen) atoms. The number of benzene rings is 1. The van der Waals surface area contributed by atoms with Gasteiger partial charge in [0.05, 0.1) is 17.2 Å². The van der Waals surface area contributed by atoms with Crippen LogP contribution in [0.2, 0.25) is 0 Å². The molecule has 0 spiro atoms. The molecule has 9 heteroatoms. The molecule has 0 saturated heterocycles. The van der Waals surface area contributed by atoms with Crippen molar-refractivity contribution < 1.29 is 9.66 Å². The third-order valence-corrected chi connectivity index (χ3v) is 3.60. The van der Waals surface area contributed by atoms with Crippen molar-refractivity contribution >= 4 is 28.8 Å². The summed E-state index contributed by atoms with van der Waals surface area (Å²) in [5, 5.41) is 17.5. The number of para-hydroxylation sites is 2. The lowest BCUT2D eigenvalue weighted by molar-refractivity contribution is -0.383. The van der Waals surface area contributed by atoms with E-state index in [1.54, 1.807) is 30.5 Å². The standard InChI is InChI=1S/C18H18N6O3/c1-3-27-14-7-5-4-6-13(14)22-17-16(24(25)26)18(21-11-20-17)23-15-9-8-12(2)10-19-15/h4-11H,3H2,1-2H3,(H2,19,20,21,22,23). The number of hydrogen-bond acceptors (Lipinski definition) is 8. The fraction of sp³-hybridized carbons (Fsp3) is 0.167. The second kappa shape index (κ2) is 8.09. The van der Waals surface area contributed by atoms with Gasteiger partial charge in [-0.1, -0.05) is 18.2 Å². The number of nitro groups is 1. The van der Waals surface area contributed by atoms with E-state index in [1.165, 1.54) is 6.33 Å². The van der Waals surface area contributed by atoms with Gasteiger partial charge in [0.15, 0.2) is 0 Å². The van der Waals surface area contributed by atoms with Crippen LogP contribution in [0.4, 0.5) is 28.8 Å². The third-order valence-electron chi connectivity index (χ3n) is 3.60. The van der Waals surface area contributed by atoms with Crippen molar-refractivity contribution in [3.05, 3.63) is 64.6 Å². The zero-order valence-electron chi connectivity index (χ0n) is 14.8. The summed E-state index contributed by atoms with van der Waals surface area (Å²) in [6.45, 7) is 4.23. The van der Waals surface area contributed by atoms with Gasteiger partial charge >= 0.3 is 5.69 Å². The Morgan fingerprint density at radius 2 is 1.81 bits per heavy atom. The Morgan fingerprint density at radius 3 is 2.48 bits per heavy atom. The molecular formula is C18H18N6O3. The van der Waals surface area contributed by atoms with Gasteiger partial charge in [-0.05, 0) is 37.6 Å². The van der Waals surface area contributed by atoms with Crippen LogP contribution in [0.1, 0.15) is 12.5 Å². The van der Waals surface area contributed by atoms with Gasteiger partial charge in [0.2, 0.25) is 11.6 Å². The SMILES string of the molecule is CCOc1ccccc1Nc1ncnc(Nc2ccc(C)cn2)c1[N+](=O)[O-]. The Bertz CT molecular complexity index is 946. The van der Waals surface area contributed by atoms with Crippen molar-refractivity contribution in [3.8, 4) is 5.75 Å². The van der Waals surface area contributed by atoms with E-state index >= 15 is 0 Å². The van der Waals surface area contributed by atoms with Crippen LogP contribution in [0.15, 0.2) is 48.9 Å². The van der Waals surface area contributed by atoms with Crippen LogP contribution in [-0.4, -0.2) is 26.5 Å². The van der Waals surface area contributed by atoms with E-state index in [2.05, 4.69) is 25.6 Å². The molecule has 0 atom stereocenters. The van der Waals surface area contributed by atoms with Gasteiger partial charge in [-0.25, -0.2) is 15.0 Å². The monoisotopic (exact) mass is 366 g/mol. The predicted octanol–water partition coefficient (Wildman–Crippen LogP) is 3.97. The molecule has 3 rings (SSSR count). The predicted molar refractivity (Wildman–Crippen MR) is 102 cm³/mol. The van der Waals surface area contributed by atoms with E-state index in [1.807, 2.05) is 26.0 Å². The number of ether oxygens (including phenoxy) is 1. The normalized spacial score (nSPS) is 10.3. The number of aromatic nitrogens is 3. The maximum atomic E-state index is 11.7. The van der Waals surface area contributed by atoms with E-state index in [9.17, 15) is 10.1 Å². The second-order valence-electron chi connectivity index (χ2n) is 5.58.